The number of hydrogen-bond donors (Lipinski definition) is 0. The van der Waals surface area contributed by atoms with Gasteiger partial charge in [-0.1, -0.05) is 28.1 Å². The molecule has 0 saturated heterocycles. The molecule has 1 aromatic heterocycles. The summed E-state index contributed by atoms with van der Waals surface area (Å²) in [5, 5.41) is 9.86. The van der Waals surface area contributed by atoms with Crippen molar-refractivity contribution in [1.82, 2.24) is 0 Å². The molecule has 0 bridgehead atoms. The quantitative estimate of drug-likeness (QED) is 0.666. The van der Waals surface area contributed by atoms with E-state index in [1.54, 1.807) is 30.3 Å². The molecule has 108 valence electrons. The Morgan fingerprint density at radius 3 is 2.82 bits per heavy atom. The molecule has 0 aliphatic heterocycles. The van der Waals surface area contributed by atoms with E-state index in [2.05, 4.69) is 22.0 Å². The van der Waals surface area contributed by atoms with Crippen molar-refractivity contribution in [3.8, 4) is 11.8 Å². The lowest BCUT2D eigenvalue weighted by Gasteiger charge is -2.09. The highest BCUT2D eigenvalue weighted by atomic mass is 79.9. The standard InChI is InChI=1S/C17H10BrNO3/c18-13-5-6-14-12(7-17(20)22-16(14)8-13)10-21-15-4-2-1-3-11(15)9-19/h1-8H,10H2. The number of fused-ring (bicyclic) bond motifs is 1. The summed E-state index contributed by atoms with van der Waals surface area (Å²) in [5.41, 5.74) is 1.23. The van der Waals surface area contributed by atoms with Crippen molar-refractivity contribution in [3.63, 3.8) is 0 Å². The minimum Gasteiger partial charge on any atom is -0.487 e. The number of nitriles is 1. The van der Waals surface area contributed by atoms with Gasteiger partial charge in [0.15, 0.2) is 0 Å². The minimum absolute atomic E-state index is 0.183. The SMILES string of the molecule is N#Cc1ccccc1OCc1cc(=O)oc2cc(Br)ccc12. The van der Waals surface area contributed by atoms with Crippen LogP contribution in [-0.2, 0) is 6.61 Å². The first-order chi connectivity index (χ1) is 10.7. The molecule has 0 saturated carbocycles. The van der Waals surface area contributed by atoms with E-state index in [9.17, 15) is 4.79 Å². The molecule has 0 atom stereocenters. The second-order valence-electron chi connectivity index (χ2n) is 4.63. The Hall–Kier alpha value is -2.58. The Morgan fingerprint density at radius 1 is 1.18 bits per heavy atom. The van der Waals surface area contributed by atoms with E-state index in [4.69, 9.17) is 14.4 Å². The van der Waals surface area contributed by atoms with Gasteiger partial charge in [-0.3, -0.25) is 0 Å². The fraction of sp³-hybridized carbons (Fsp3) is 0.0588. The molecule has 0 aliphatic rings. The van der Waals surface area contributed by atoms with Crippen LogP contribution in [-0.4, -0.2) is 0 Å². The lowest BCUT2D eigenvalue weighted by molar-refractivity contribution is 0.305. The molecule has 3 rings (SSSR count). The van der Waals surface area contributed by atoms with Gasteiger partial charge in [0.2, 0.25) is 0 Å². The van der Waals surface area contributed by atoms with Crippen LogP contribution in [0.25, 0.3) is 11.0 Å². The van der Waals surface area contributed by atoms with Crippen LogP contribution in [0.15, 0.2) is 62.2 Å². The van der Waals surface area contributed by atoms with Crippen molar-refractivity contribution in [1.29, 1.82) is 5.26 Å². The van der Waals surface area contributed by atoms with Gasteiger partial charge in [0.05, 0.1) is 5.56 Å². The van der Waals surface area contributed by atoms with Gasteiger partial charge < -0.3 is 9.15 Å². The van der Waals surface area contributed by atoms with E-state index in [1.165, 1.54) is 6.07 Å². The fourth-order valence-corrected chi connectivity index (χ4v) is 2.50. The third kappa shape index (κ3) is 2.87. The lowest BCUT2D eigenvalue weighted by atomic mass is 10.1. The van der Waals surface area contributed by atoms with Gasteiger partial charge in [-0.05, 0) is 30.3 Å². The number of hydrogen-bond acceptors (Lipinski definition) is 4. The molecule has 4 nitrogen and oxygen atoms in total. The van der Waals surface area contributed by atoms with Crippen LogP contribution < -0.4 is 10.4 Å². The topological polar surface area (TPSA) is 63.2 Å². The van der Waals surface area contributed by atoms with Crippen molar-refractivity contribution < 1.29 is 9.15 Å². The smallest absolute Gasteiger partial charge is 0.336 e. The maximum absolute atomic E-state index is 11.7. The first-order valence-corrected chi connectivity index (χ1v) is 7.31. The molecule has 1 heterocycles. The number of halogens is 1. The zero-order valence-corrected chi connectivity index (χ0v) is 13.0. The first-order valence-electron chi connectivity index (χ1n) is 6.51. The normalized spacial score (nSPS) is 10.4. The van der Waals surface area contributed by atoms with Crippen LogP contribution in [0.4, 0.5) is 0 Å². The Morgan fingerprint density at radius 2 is 2.00 bits per heavy atom. The van der Waals surface area contributed by atoms with Crippen molar-refractivity contribution >= 4 is 26.9 Å². The average molecular weight is 356 g/mol. The summed E-state index contributed by atoms with van der Waals surface area (Å²) in [6.45, 7) is 0.183. The molecule has 5 heteroatoms. The monoisotopic (exact) mass is 355 g/mol. The minimum atomic E-state index is -0.433. The molecule has 22 heavy (non-hydrogen) atoms. The summed E-state index contributed by atoms with van der Waals surface area (Å²) >= 11 is 3.35. The molecule has 0 fully saturated rings. The molecule has 3 aromatic rings. The van der Waals surface area contributed by atoms with Crippen LogP contribution in [0.1, 0.15) is 11.1 Å². The van der Waals surface area contributed by atoms with Gasteiger partial charge in [0.1, 0.15) is 24.0 Å². The van der Waals surface area contributed by atoms with Crippen molar-refractivity contribution in [2.24, 2.45) is 0 Å². The Kier molecular flexibility index (Phi) is 3.94. The van der Waals surface area contributed by atoms with Crippen LogP contribution in [0.3, 0.4) is 0 Å². The van der Waals surface area contributed by atoms with Gasteiger partial charge in [0, 0.05) is 21.5 Å². The zero-order chi connectivity index (χ0) is 15.5. The molecular weight excluding hydrogens is 346 g/mol. The molecule has 0 radical (unpaired) electrons. The summed E-state index contributed by atoms with van der Waals surface area (Å²) in [4.78, 5) is 11.7. The third-order valence-corrected chi connectivity index (χ3v) is 3.68. The van der Waals surface area contributed by atoms with Crippen molar-refractivity contribution in [2.45, 2.75) is 6.61 Å². The zero-order valence-electron chi connectivity index (χ0n) is 11.4. The predicted molar refractivity (Wildman–Crippen MR) is 85.7 cm³/mol. The first kappa shape index (κ1) is 14.4. The second kappa shape index (κ2) is 6.04. The molecule has 0 aliphatic carbocycles. The lowest BCUT2D eigenvalue weighted by Crippen LogP contribution is -2.04. The van der Waals surface area contributed by atoms with E-state index >= 15 is 0 Å². The van der Waals surface area contributed by atoms with Crippen LogP contribution in [0.2, 0.25) is 0 Å². The summed E-state index contributed by atoms with van der Waals surface area (Å²) in [6.07, 6.45) is 0. The van der Waals surface area contributed by atoms with Crippen LogP contribution in [0.5, 0.6) is 5.75 Å². The number of para-hydroxylation sites is 1. The number of nitrogens with zero attached hydrogens (tertiary/aromatic N) is 1. The molecular formula is C17H10BrNO3. The highest BCUT2D eigenvalue weighted by molar-refractivity contribution is 9.10. The summed E-state index contributed by atoms with van der Waals surface area (Å²) in [6, 6.07) is 15.9. The summed E-state index contributed by atoms with van der Waals surface area (Å²) < 4.78 is 11.7. The Labute approximate surface area is 134 Å². The van der Waals surface area contributed by atoms with Crippen LogP contribution >= 0.6 is 15.9 Å². The van der Waals surface area contributed by atoms with E-state index < -0.39 is 5.63 Å². The van der Waals surface area contributed by atoms with E-state index in [-0.39, 0.29) is 6.61 Å². The van der Waals surface area contributed by atoms with Crippen LogP contribution in [0, 0.1) is 11.3 Å². The number of ether oxygens (including phenoxy) is 1. The number of benzene rings is 2. The maximum atomic E-state index is 11.7. The molecule has 0 unspecified atom stereocenters. The van der Waals surface area contributed by atoms with E-state index in [0.29, 0.717) is 22.5 Å². The van der Waals surface area contributed by atoms with Gasteiger partial charge in [-0.25, -0.2) is 4.79 Å². The average Bonchev–Trinajstić information content (AvgIpc) is 2.52. The van der Waals surface area contributed by atoms with Gasteiger partial charge in [-0.15, -0.1) is 0 Å². The summed E-state index contributed by atoms with van der Waals surface area (Å²) in [5.74, 6) is 0.489. The molecule has 0 amide bonds. The van der Waals surface area contributed by atoms with Gasteiger partial charge in [-0.2, -0.15) is 5.26 Å². The highest BCUT2D eigenvalue weighted by Gasteiger charge is 2.08. The van der Waals surface area contributed by atoms with Gasteiger partial charge >= 0.3 is 5.63 Å². The highest BCUT2D eigenvalue weighted by Crippen LogP contribution is 2.24. The largest absolute Gasteiger partial charge is 0.487 e. The summed E-state index contributed by atoms with van der Waals surface area (Å²) in [7, 11) is 0. The number of rotatable bonds is 3. The molecule has 0 spiro atoms. The van der Waals surface area contributed by atoms with E-state index in [1.807, 2.05) is 12.1 Å². The molecule has 0 N–H and O–H groups in total. The van der Waals surface area contributed by atoms with Crippen molar-refractivity contribution in [3.05, 3.63) is 74.6 Å². The Balaban J connectivity index is 1.98. The predicted octanol–water partition coefficient (Wildman–Crippen LogP) is 4.01. The third-order valence-electron chi connectivity index (χ3n) is 3.18. The molecule has 2 aromatic carbocycles. The maximum Gasteiger partial charge on any atom is 0.336 e. The Bertz CT molecular complexity index is 941. The second-order valence-corrected chi connectivity index (χ2v) is 5.54. The van der Waals surface area contributed by atoms with Crippen molar-refractivity contribution in [2.75, 3.05) is 0 Å². The van der Waals surface area contributed by atoms with E-state index in [0.717, 1.165) is 9.86 Å². The van der Waals surface area contributed by atoms with Gasteiger partial charge in [0.25, 0.3) is 0 Å². The fourth-order valence-electron chi connectivity index (χ4n) is 2.16.